The van der Waals surface area contributed by atoms with Crippen molar-refractivity contribution in [2.45, 2.75) is 20.1 Å². The van der Waals surface area contributed by atoms with Crippen molar-refractivity contribution in [2.24, 2.45) is 0 Å². The van der Waals surface area contributed by atoms with Crippen LogP contribution in [0.3, 0.4) is 0 Å². The highest BCUT2D eigenvalue weighted by Crippen LogP contribution is 2.30. The van der Waals surface area contributed by atoms with Gasteiger partial charge < -0.3 is 14.2 Å². The normalized spacial score (nSPS) is 13.2. The monoisotopic (exact) mass is 320 g/mol. The molecule has 4 nitrogen and oxygen atoms in total. The molecule has 0 aromatic heterocycles. The fourth-order valence-electron chi connectivity index (χ4n) is 2.40. The van der Waals surface area contributed by atoms with Crippen molar-refractivity contribution >= 4 is 5.78 Å². The van der Waals surface area contributed by atoms with Gasteiger partial charge in [0.1, 0.15) is 29.7 Å². The Labute approximate surface area is 131 Å². The van der Waals surface area contributed by atoms with E-state index in [-0.39, 0.29) is 37.1 Å². The van der Waals surface area contributed by atoms with E-state index in [9.17, 15) is 13.6 Å². The average molecular weight is 320 g/mol. The molecule has 0 amide bonds. The van der Waals surface area contributed by atoms with Crippen LogP contribution in [0.4, 0.5) is 8.78 Å². The minimum absolute atomic E-state index is 0.000895. The molecule has 0 atom stereocenters. The summed E-state index contributed by atoms with van der Waals surface area (Å²) in [6, 6.07) is 6.64. The molecule has 0 radical (unpaired) electrons. The first-order valence-corrected chi connectivity index (χ1v) is 6.99. The molecule has 120 valence electrons. The van der Waals surface area contributed by atoms with Gasteiger partial charge in [-0.15, -0.1) is 0 Å². The molecule has 0 aliphatic carbocycles. The molecule has 1 aliphatic heterocycles. The SMILES string of the molecule is CC(=O)c1ccc(OCc2cc(F)cc3c2OCOC3)cc1F. The third kappa shape index (κ3) is 3.32. The van der Waals surface area contributed by atoms with Gasteiger partial charge in [-0.1, -0.05) is 0 Å². The van der Waals surface area contributed by atoms with Crippen LogP contribution in [0, 0.1) is 11.6 Å². The first-order chi connectivity index (χ1) is 11.0. The van der Waals surface area contributed by atoms with Gasteiger partial charge in [-0.2, -0.15) is 0 Å². The lowest BCUT2D eigenvalue weighted by molar-refractivity contribution is -0.0178. The largest absolute Gasteiger partial charge is 0.489 e. The van der Waals surface area contributed by atoms with Crippen LogP contribution in [0.5, 0.6) is 11.5 Å². The topological polar surface area (TPSA) is 44.8 Å². The van der Waals surface area contributed by atoms with Crippen molar-refractivity contribution < 1.29 is 27.8 Å². The Balaban J connectivity index is 1.80. The van der Waals surface area contributed by atoms with E-state index in [2.05, 4.69) is 0 Å². The zero-order valence-electron chi connectivity index (χ0n) is 12.4. The number of ketones is 1. The number of rotatable bonds is 4. The fourth-order valence-corrected chi connectivity index (χ4v) is 2.40. The molecule has 1 heterocycles. The second-order valence-electron chi connectivity index (χ2n) is 5.15. The van der Waals surface area contributed by atoms with Crippen LogP contribution in [0.15, 0.2) is 30.3 Å². The number of hydrogen-bond donors (Lipinski definition) is 0. The summed E-state index contributed by atoms with van der Waals surface area (Å²) in [6.07, 6.45) is 0. The van der Waals surface area contributed by atoms with Crippen molar-refractivity contribution in [1.82, 2.24) is 0 Å². The molecule has 3 rings (SSSR count). The van der Waals surface area contributed by atoms with Crippen LogP contribution in [0.1, 0.15) is 28.4 Å². The molecule has 0 fully saturated rings. The molecule has 0 spiro atoms. The van der Waals surface area contributed by atoms with E-state index in [4.69, 9.17) is 14.2 Å². The summed E-state index contributed by atoms with van der Waals surface area (Å²) in [5, 5.41) is 0. The Hall–Kier alpha value is -2.47. The zero-order valence-corrected chi connectivity index (χ0v) is 12.4. The van der Waals surface area contributed by atoms with Gasteiger partial charge in [-0.3, -0.25) is 4.79 Å². The van der Waals surface area contributed by atoms with Gasteiger partial charge in [0, 0.05) is 17.2 Å². The fraction of sp³-hybridized carbons (Fsp3) is 0.235. The number of hydrogen-bond acceptors (Lipinski definition) is 4. The van der Waals surface area contributed by atoms with E-state index in [0.717, 1.165) is 6.07 Å². The minimum atomic E-state index is -0.652. The van der Waals surface area contributed by atoms with Crippen LogP contribution in [0.25, 0.3) is 0 Å². The number of carbonyl (C=O) groups excluding carboxylic acids is 1. The number of Topliss-reactive ketones (excluding diaryl/α,β-unsaturated/α-hetero) is 1. The zero-order chi connectivity index (χ0) is 16.4. The van der Waals surface area contributed by atoms with Gasteiger partial charge in [-0.05, 0) is 31.2 Å². The molecule has 0 saturated carbocycles. The summed E-state index contributed by atoms with van der Waals surface area (Å²) in [6.45, 7) is 1.66. The highest BCUT2D eigenvalue weighted by molar-refractivity contribution is 5.94. The lowest BCUT2D eigenvalue weighted by Crippen LogP contribution is -2.14. The van der Waals surface area contributed by atoms with E-state index in [1.54, 1.807) is 0 Å². The molecular formula is C17H14F2O4. The summed E-state index contributed by atoms with van der Waals surface area (Å²) in [5.74, 6) is -0.659. The third-order valence-electron chi connectivity index (χ3n) is 3.47. The quantitative estimate of drug-likeness (QED) is 0.807. The minimum Gasteiger partial charge on any atom is -0.489 e. The highest BCUT2D eigenvalue weighted by atomic mass is 19.1. The lowest BCUT2D eigenvalue weighted by Gasteiger charge is -2.21. The molecule has 2 aromatic rings. The third-order valence-corrected chi connectivity index (χ3v) is 3.47. The lowest BCUT2D eigenvalue weighted by atomic mass is 10.1. The molecule has 0 N–H and O–H groups in total. The van der Waals surface area contributed by atoms with Gasteiger partial charge in [0.15, 0.2) is 12.6 Å². The van der Waals surface area contributed by atoms with Crippen LogP contribution < -0.4 is 9.47 Å². The highest BCUT2D eigenvalue weighted by Gasteiger charge is 2.17. The summed E-state index contributed by atoms with van der Waals surface area (Å²) in [7, 11) is 0. The van der Waals surface area contributed by atoms with E-state index in [1.807, 2.05) is 0 Å². The Morgan fingerprint density at radius 1 is 1.26 bits per heavy atom. The van der Waals surface area contributed by atoms with Crippen molar-refractivity contribution in [3.05, 3.63) is 58.7 Å². The Bertz CT molecular complexity index is 758. The second-order valence-corrected chi connectivity index (χ2v) is 5.15. The van der Waals surface area contributed by atoms with Crippen LogP contribution in [-0.2, 0) is 18.0 Å². The maximum absolute atomic E-state index is 13.8. The molecule has 0 saturated heterocycles. The Kier molecular flexibility index (Phi) is 4.25. The maximum Gasteiger partial charge on any atom is 0.189 e. The summed E-state index contributed by atoms with van der Waals surface area (Å²) >= 11 is 0. The Morgan fingerprint density at radius 3 is 2.83 bits per heavy atom. The smallest absolute Gasteiger partial charge is 0.189 e. The van der Waals surface area contributed by atoms with Gasteiger partial charge in [0.25, 0.3) is 0 Å². The molecule has 23 heavy (non-hydrogen) atoms. The molecule has 0 bridgehead atoms. The maximum atomic E-state index is 13.8. The van der Waals surface area contributed by atoms with Crippen LogP contribution in [0.2, 0.25) is 0 Å². The number of halogens is 2. The summed E-state index contributed by atoms with van der Waals surface area (Å²) in [4.78, 5) is 11.2. The van der Waals surface area contributed by atoms with Gasteiger partial charge in [-0.25, -0.2) is 8.78 Å². The molecular weight excluding hydrogens is 306 g/mol. The summed E-state index contributed by atoms with van der Waals surface area (Å²) in [5.41, 5.74) is 1.12. The molecule has 1 aliphatic rings. The van der Waals surface area contributed by atoms with E-state index < -0.39 is 11.6 Å². The van der Waals surface area contributed by atoms with Gasteiger partial charge >= 0.3 is 0 Å². The standard InChI is InChI=1S/C17H14F2O4/c1-10(20)15-3-2-14(6-16(15)19)22-8-12-5-13(18)4-11-7-21-9-23-17(11)12/h2-6H,7-9H2,1H3. The summed E-state index contributed by atoms with van der Waals surface area (Å²) < 4.78 is 43.4. The first-order valence-electron chi connectivity index (χ1n) is 6.99. The Morgan fingerprint density at radius 2 is 2.09 bits per heavy atom. The van der Waals surface area contributed by atoms with Crippen LogP contribution >= 0.6 is 0 Å². The van der Waals surface area contributed by atoms with Gasteiger partial charge in [0.05, 0.1) is 12.2 Å². The van der Waals surface area contributed by atoms with Gasteiger partial charge in [0.2, 0.25) is 0 Å². The average Bonchev–Trinajstić information content (AvgIpc) is 2.52. The van der Waals surface area contributed by atoms with E-state index >= 15 is 0 Å². The number of carbonyl (C=O) groups is 1. The number of fused-ring (bicyclic) bond motifs is 1. The number of ether oxygens (including phenoxy) is 3. The van der Waals surface area contributed by atoms with Crippen LogP contribution in [-0.4, -0.2) is 12.6 Å². The van der Waals surface area contributed by atoms with E-state index in [0.29, 0.717) is 16.9 Å². The predicted octanol–water partition coefficient (Wildman–Crippen LogP) is 3.61. The molecule has 2 aromatic carbocycles. The van der Waals surface area contributed by atoms with Crippen molar-refractivity contribution in [3.63, 3.8) is 0 Å². The van der Waals surface area contributed by atoms with E-state index in [1.165, 1.54) is 31.2 Å². The molecule has 6 heteroatoms. The number of benzene rings is 2. The van der Waals surface area contributed by atoms with Crippen molar-refractivity contribution in [2.75, 3.05) is 6.79 Å². The predicted molar refractivity (Wildman–Crippen MR) is 77.4 cm³/mol. The molecule has 0 unspecified atom stereocenters. The van der Waals surface area contributed by atoms with Crippen molar-refractivity contribution in [3.8, 4) is 11.5 Å². The van der Waals surface area contributed by atoms with Crippen molar-refractivity contribution in [1.29, 1.82) is 0 Å². The first kappa shape index (κ1) is 15.4. The second kappa shape index (κ2) is 6.34.